The van der Waals surface area contributed by atoms with Crippen LogP contribution in [0.25, 0.3) is 0 Å². The van der Waals surface area contributed by atoms with Gasteiger partial charge < -0.3 is 10.6 Å². The topological polar surface area (TPSA) is 41.1 Å². The third-order valence-corrected chi connectivity index (χ3v) is 3.73. The third kappa shape index (κ3) is 3.85. The fourth-order valence-electron chi connectivity index (χ4n) is 2.40. The minimum absolute atomic E-state index is 0.0496. The minimum atomic E-state index is -0.0496. The quantitative estimate of drug-likeness (QED) is 0.864. The Hall–Kier alpha value is -2.29. The van der Waals surface area contributed by atoms with Crippen molar-refractivity contribution in [2.24, 2.45) is 0 Å². The molecule has 2 aromatic rings. The van der Waals surface area contributed by atoms with Crippen molar-refractivity contribution in [2.75, 3.05) is 10.6 Å². The highest BCUT2D eigenvalue weighted by Crippen LogP contribution is 2.39. The van der Waals surface area contributed by atoms with Crippen molar-refractivity contribution in [3.63, 3.8) is 0 Å². The van der Waals surface area contributed by atoms with Gasteiger partial charge in [0.25, 0.3) is 0 Å². The second-order valence-corrected chi connectivity index (χ2v) is 5.63. The van der Waals surface area contributed by atoms with Crippen LogP contribution in [-0.2, 0) is 11.3 Å². The van der Waals surface area contributed by atoms with Crippen LogP contribution in [0.15, 0.2) is 48.5 Å². The molecule has 0 saturated heterocycles. The summed E-state index contributed by atoms with van der Waals surface area (Å²) >= 11 is 0. The van der Waals surface area contributed by atoms with Crippen molar-refractivity contribution in [1.29, 1.82) is 0 Å². The minimum Gasteiger partial charge on any atom is -0.381 e. The maximum Gasteiger partial charge on any atom is 0.221 e. The Morgan fingerprint density at radius 3 is 2.19 bits per heavy atom. The Morgan fingerprint density at radius 1 is 1.00 bits per heavy atom. The molecule has 1 aliphatic carbocycles. The van der Waals surface area contributed by atoms with Crippen LogP contribution in [0.3, 0.4) is 0 Å². The van der Waals surface area contributed by atoms with E-state index >= 15 is 0 Å². The number of benzene rings is 2. The molecule has 0 atom stereocenters. The Kier molecular flexibility index (Phi) is 3.91. The monoisotopic (exact) mass is 280 g/mol. The lowest BCUT2D eigenvalue weighted by molar-refractivity contribution is -0.114. The molecule has 0 unspecified atom stereocenters. The number of nitrogens with one attached hydrogen (secondary N) is 2. The molecular weight excluding hydrogens is 260 g/mol. The first-order chi connectivity index (χ1) is 10.2. The van der Waals surface area contributed by atoms with Gasteiger partial charge in [-0.15, -0.1) is 0 Å². The Bertz CT molecular complexity index is 613. The third-order valence-electron chi connectivity index (χ3n) is 3.73. The molecule has 1 amide bonds. The van der Waals surface area contributed by atoms with Crippen molar-refractivity contribution >= 4 is 17.3 Å². The second kappa shape index (κ2) is 6.00. The zero-order chi connectivity index (χ0) is 14.7. The van der Waals surface area contributed by atoms with E-state index in [9.17, 15) is 4.79 Å². The number of hydrogen-bond acceptors (Lipinski definition) is 2. The molecule has 0 bridgehead atoms. The fraction of sp³-hybridized carbons (Fsp3) is 0.278. The van der Waals surface area contributed by atoms with Gasteiger partial charge >= 0.3 is 0 Å². The molecule has 2 aromatic carbocycles. The van der Waals surface area contributed by atoms with Gasteiger partial charge in [0, 0.05) is 24.8 Å². The Morgan fingerprint density at radius 2 is 1.62 bits per heavy atom. The molecule has 0 heterocycles. The van der Waals surface area contributed by atoms with Gasteiger partial charge in [-0.3, -0.25) is 4.79 Å². The molecule has 21 heavy (non-hydrogen) atoms. The highest BCUT2D eigenvalue weighted by atomic mass is 16.1. The van der Waals surface area contributed by atoms with Crippen LogP contribution >= 0.6 is 0 Å². The van der Waals surface area contributed by atoms with Crippen LogP contribution < -0.4 is 10.6 Å². The number of hydrogen-bond donors (Lipinski definition) is 2. The molecule has 0 aromatic heterocycles. The van der Waals surface area contributed by atoms with Crippen molar-refractivity contribution in [1.82, 2.24) is 0 Å². The van der Waals surface area contributed by atoms with Crippen molar-refractivity contribution in [2.45, 2.75) is 32.2 Å². The van der Waals surface area contributed by atoms with Gasteiger partial charge in [-0.05, 0) is 54.2 Å². The van der Waals surface area contributed by atoms with E-state index in [2.05, 4.69) is 34.9 Å². The lowest BCUT2D eigenvalue weighted by Crippen LogP contribution is -2.05. The molecule has 3 heteroatoms. The van der Waals surface area contributed by atoms with E-state index in [4.69, 9.17) is 0 Å². The molecule has 2 N–H and O–H groups in total. The summed E-state index contributed by atoms with van der Waals surface area (Å²) in [5.74, 6) is 0.764. The molecule has 1 fully saturated rings. The van der Waals surface area contributed by atoms with Gasteiger partial charge in [0.1, 0.15) is 0 Å². The molecule has 0 radical (unpaired) electrons. The molecule has 0 spiro atoms. The standard InChI is InChI=1S/C18H20N2O/c1-13(21)20-18-10-8-17(9-11-18)19-12-14-2-4-15(5-3-14)16-6-7-16/h2-5,8-11,16,19H,6-7,12H2,1H3,(H,20,21). The number of rotatable bonds is 5. The summed E-state index contributed by atoms with van der Waals surface area (Å²) in [4.78, 5) is 11.0. The first kappa shape index (κ1) is 13.7. The molecular formula is C18H20N2O. The van der Waals surface area contributed by atoms with E-state index < -0.39 is 0 Å². The predicted octanol–water partition coefficient (Wildman–Crippen LogP) is 4.13. The summed E-state index contributed by atoms with van der Waals surface area (Å²) in [6.45, 7) is 2.32. The van der Waals surface area contributed by atoms with Gasteiger partial charge in [0.2, 0.25) is 5.91 Å². The van der Waals surface area contributed by atoms with E-state index in [1.165, 1.54) is 30.9 Å². The lowest BCUT2D eigenvalue weighted by Gasteiger charge is -2.08. The number of carbonyl (C=O) groups excluding carboxylic acids is 1. The summed E-state index contributed by atoms with van der Waals surface area (Å²) in [7, 11) is 0. The fourth-order valence-corrected chi connectivity index (χ4v) is 2.40. The molecule has 3 nitrogen and oxygen atoms in total. The average molecular weight is 280 g/mol. The number of carbonyl (C=O) groups is 1. The number of anilines is 2. The largest absolute Gasteiger partial charge is 0.381 e. The van der Waals surface area contributed by atoms with E-state index in [1.54, 1.807) is 0 Å². The van der Waals surface area contributed by atoms with Crippen LogP contribution in [0.1, 0.15) is 36.8 Å². The molecule has 3 rings (SSSR count). The highest BCUT2D eigenvalue weighted by Gasteiger charge is 2.22. The maximum atomic E-state index is 11.0. The summed E-state index contributed by atoms with van der Waals surface area (Å²) < 4.78 is 0. The second-order valence-electron chi connectivity index (χ2n) is 5.63. The first-order valence-electron chi connectivity index (χ1n) is 7.41. The molecule has 0 aliphatic heterocycles. The summed E-state index contributed by atoms with van der Waals surface area (Å²) in [5, 5.41) is 6.15. The average Bonchev–Trinajstić information content (AvgIpc) is 3.31. The van der Waals surface area contributed by atoms with E-state index in [0.717, 1.165) is 23.8 Å². The van der Waals surface area contributed by atoms with Gasteiger partial charge in [-0.2, -0.15) is 0 Å². The van der Waals surface area contributed by atoms with Crippen LogP contribution in [-0.4, -0.2) is 5.91 Å². The van der Waals surface area contributed by atoms with Gasteiger partial charge in [0.15, 0.2) is 0 Å². The van der Waals surface area contributed by atoms with E-state index in [1.807, 2.05) is 24.3 Å². The lowest BCUT2D eigenvalue weighted by atomic mass is 10.1. The zero-order valence-electron chi connectivity index (χ0n) is 12.2. The summed E-state index contributed by atoms with van der Waals surface area (Å²) in [5.41, 5.74) is 4.63. The smallest absolute Gasteiger partial charge is 0.221 e. The SMILES string of the molecule is CC(=O)Nc1ccc(NCc2ccc(C3CC3)cc2)cc1. The number of amides is 1. The molecule has 1 saturated carbocycles. The predicted molar refractivity (Wildman–Crippen MR) is 86.5 cm³/mol. The molecule has 108 valence electrons. The zero-order valence-corrected chi connectivity index (χ0v) is 12.2. The van der Waals surface area contributed by atoms with Crippen molar-refractivity contribution in [3.8, 4) is 0 Å². The van der Waals surface area contributed by atoms with E-state index in [0.29, 0.717) is 0 Å². The van der Waals surface area contributed by atoms with Crippen LogP contribution in [0.4, 0.5) is 11.4 Å². The highest BCUT2D eigenvalue weighted by molar-refractivity contribution is 5.88. The first-order valence-corrected chi connectivity index (χ1v) is 7.41. The van der Waals surface area contributed by atoms with Crippen LogP contribution in [0.5, 0.6) is 0 Å². The Labute approximate surface area is 125 Å². The normalized spacial score (nSPS) is 13.8. The van der Waals surface area contributed by atoms with E-state index in [-0.39, 0.29) is 5.91 Å². The van der Waals surface area contributed by atoms with Gasteiger partial charge in [-0.25, -0.2) is 0 Å². The van der Waals surface area contributed by atoms with Crippen LogP contribution in [0.2, 0.25) is 0 Å². The Balaban J connectivity index is 1.55. The van der Waals surface area contributed by atoms with Gasteiger partial charge in [0.05, 0.1) is 0 Å². The van der Waals surface area contributed by atoms with Gasteiger partial charge in [-0.1, -0.05) is 24.3 Å². The van der Waals surface area contributed by atoms with Crippen molar-refractivity contribution in [3.05, 3.63) is 59.7 Å². The summed E-state index contributed by atoms with van der Waals surface area (Å²) in [6.07, 6.45) is 2.69. The summed E-state index contributed by atoms with van der Waals surface area (Å²) in [6, 6.07) is 16.6. The molecule has 1 aliphatic rings. The van der Waals surface area contributed by atoms with Crippen LogP contribution in [0, 0.1) is 0 Å². The van der Waals surface area contributed by atoms with Crippen molar-refractivity contribution < 1.29 is 4.79 Å². The maximum absolute atomic E-state index is 11.0.